The topological polar surface area (TPSA) is 48.3 Å². The maximum absolute atomic E-state index is 6.02. The Morgan fingerprint density at radius 1 is 1.38 bits per heavy atom. The first kappa shape index (κ1) is 16.3. The SMILES string of the molecule is COCCNCc1c(C)nn(C)c1Oc1cccc(I)c1. The predicted molar refractivity (Wildman–Crippen MR) is 90.8 cm³/mol. The summed E-state index contributed by atoms with van der Waals surface area (Å²) in [4.78, 5) is 0. The summed E-state index contributed by atoms with van der Waals surface area (Å²) < 4.78 is 14.0. The van der Waals surface area contributed by atoms with Crippen LogP contribution >= 0.6 is 22.6 Å². The fourth-order valence-corrected chi connectivity index (χ4v) is 2.56. The van der Waals surface area contributed by atoms with E-state index in [4.69, 9.17) is 9.47 Å². The third-order valence-electron chi connectivity index (χ3n) is 3.08. The number of rotatable bonds is 7. The molecule has 0 fully saturated rings. The van der Waals surface area contributed by atoms with Gasteiger partial charge in [0, 0.05) is 30.8 Å². The zero-order valence-electron chi connectivity index (χ0n) is 12.5. The monoisotopic (exact) mass is 401 g/mol. The molecule has 0 aliphatic carbocycles. The van der Waals surface area contributed by atoms with E-state index in [1.54, 1.807) is 11.8 Å². The standard InChI is InChI=1S/C15H20IN3O2/c1-11-14(10-17-7-8-20-3)15(19(2)18-11)21-13-6-4-5-12(16)9-13/h4-6,9,17H,7-8,10H2,1-3H3. The molecule has 0 unspecified atom stereocenters. The Morgan fingerprint density at radius 3 is 2.90 bits per heavy atom. The van der Waals surface area contributed by atoms with Crippen molar-refractivity contribution in [3.05, 3.63) is 39.1 Å². The predicted octanol–water partition coefficient (Wildman–Crippen LogP) is 2.86. The van der Waals surface area contributed by atoms with Crippen molar-refractivity contribution >= 4 is 22.6 Å². The number of nitrogens with zero attached hydrogens (tertiary/aromatic N) is 2. The van der Waals surface area contributed by atoms with Crippen LogP contribution in [-0.2, 0) is 18.3 Å². The minimum absolute atomic E-state index is 0.687. The maximum atomic E-state index is 6.02. The van der Waals surface area contributed by atoms with Gasteiger partial charge < -0.3 is 14.8 Å². The van der Waals surface area contributed by atoms with Crippen LogP contribution < -0.4 is 10.1 Å². The highest BCUT2D eigenvalue weighted by Crippen LogP contribution is 2.27. The summed E-state index contributed by atoms with van der Waals surface area (Å²) in [6.07, 6.45) is 0. The van der Waals surface area contributed by atoms with Crippen molar-refractivity contribution < 1.29 is 9.47 Å². The first-order valence-electron chi connectivity index (χ1n) is 6.77. The van der Waals surface area contributed by atoms with Crippen LogP contribution in [0.1, 0.15) is 11.3 Å². The smallest absolute Gasteiger partial charge is 0.222 e. The van der Waals surface area contributed by atoms with Gasteiger partial charge in [0.05, 0.1) is 17.9 Å². The second-order valence-electron chi connectivity index (χ2n) is 4.72. The summed E-state index contributed by atoms with van der Waals surface area (Å²) in [5, 5.41) is 7.78. The molecule has 1 aromatic carbocycles. The Hall–Kier alpha value is -1.12. The Labute approximate surface area is 138 Å². The van der Waals surface area contributed by atoms with Gasteiger partial charge in [-0.1, -0.05) is 6.07 Å². The van der Waals surface area contributed by atoms with Gasteiger partial charge in [0.15, 0.2) is 0 Å². The van der Waals surface area contributed by atoms with Crippen LogP contribution in [0.25, 0.3) is 0 Å². The molecule has 21 heavy (non-hydrogen) atoms. The number of methoxy groups -OCH3 is 1. The molecule has 2 aromatic rings. The highest BCUT2D eigenvalue weighted by Gasteiger charge is 2.15. The minimum atomic E-state index is 0.687. The molecule has 1 heterocycles. The molecule has 114 valence electrons. The van der Waals surface area contributed by atoms with Gasteiger partial charge in [-0.15, -0.1) is 0 Å². The lowest BCUT2D eigenvalue weighted by Gasteiger charge is -2.10. The molecule has 0 amide bonds. The van der Waals surface area contributed by atoms with Crippen molar-refractivity contribution in [3.8, 4) is 11.6 Å². The Balaban J connectivity index is 2.14. The summed E-state index contributed by atoms with van der Waals surface area (Å²) in [5.41, 5.74) is 2.05. The van der Waals surface area contributed by atoms with Crippen molar-refractivity contribution in [2.75, 3.05) is 20.3 Å². The van der Waals surface area contributed by atoms with Gasteiger partial charge in [-0.2, -0.15) is 5.10 Å². The lowest BCUT2D eigenvalue weighted by Crippen LogP contribution is -2.19. The van der Waals surface area contributed by atoms with Crippen LogP contribution in [0.2, 0.25) is 0 Å². The van der Waals surface area contributed by atoms with E-state index < -0.39 is 0 Å². The average Bonchev–Trinajstić information content (AvgIpc) is 2.70. The van der Waals surface area contributed by atoms with E-state index in [2.05, 4.69) is 33.0 Å². The molecule has 0 atom stereocenters. The van der Waals surface area contributed by atoms with E-state index in [0.717, 1.165) is 33.0 Å². The summed E-state index contributed by atoms with van der Waals surface area (Å²) in [7, 11) is 3.59. The molecule has 1 aromatic heterocycles. The zero-order chi connectivity index (χ0) is 15.2. The van der Waals surface area contributed by atoms with Gasteiger partial charge in [-0.25, -0.2) is 4.68 Å². The molecule has 6 heteroatoms. The zero-order valence-corrected chi connectivity index (χ0v) is 14.7. The quantitative estimate of drug-likeness (QED) is 0.573. The molecular weight excluding hydrogens is 381 g/mol. The number of aromatic nitrogens is 2. The summed E-state index contributed by atoms with van der Waals surface area (Å²) in [6.45, 7) is 4.19. The van der Waals surface area contributed by atoms with E-state index in [0.29, 0.717) is 13.2 Å². The molecule has 0 aliphatic heterocycles. The van der Waals surface area contributed by atoms with Crippen molar-refractivity contribution in [2.24, 2.45) is 7.05 Å². The highest BCUT2D eigenvalue weighted by molar-refractivity contribution is 14.1. The Kier molecular flexibility index (Phi) is 6.01. The van der Waals surface area contributed by atoms with Crippen LogP contribution in [0, 0.1) is 10.5 Å². The maximum Gasteiger partial charge on any atom is 0.222 e. The van der Waals surface area contributed by atoms with E-state index in [1.807, 2.05) is 38.2 Å². The normalized spacial score (nSPS) is 10.9. The highest BCUT2D eigenvalue weighted by atomic mass is 127. The number of benzene rings is 1. The van der Waals surface area contributed by atoms with Crippen molar-refractivity contribution in [3.63, 3.8) is 0 Å². The number of halogens is 1. The molecule has 0 saturated heterocycles. The Bertz CT molecular complexity index is 599. The molecule has 1 N–H and O–H groups in total. The fourth-order valence-electron chi connectivity index (χ4n) is 2.04. The molecule has 2 rings (SSSR count). The second kappa shape index (κ2) is 7.77. The molecule has 0 saturated carbocycles. The first-order chi connectivity index (χ1) is 10.1. The largest absolute Gasteiger partial charge is 0.439 e. The van der Waals surface area contributed by atoms with E-state index in [9.17, 15) is 0 Å². The van der Waals surface area contributed by atoms with Crippen LogP contribution in [-0.4, -0.2) is 30.0 Å². The minimum Gasteiger partial charge on any atom is -0.439 e. The molecule has 0 radical (unpaired) electrons. The molecular formula is C15H20IN3O2. The van der Waals surface area contributed by atoms with Crippen molar-refractivity contribution in [1.29, 1.82) is 0 Å². The van der Waals surface area contributed by atoms with Gasteiger partial charge in [0.25, 0.3) is 0 Å². The van der Waals surface area contributed by atoms with Crippen molar-refractivity contribution in [2.45, 2.75) is 13.5 Å². The van der Waals surface area contributed by atoms with Gasteiger partial charge in [-0.3, -0.25) is 0 Å². The first-order valence-corrected chi connectivity index (χ1v) is 7.85. The summed E-state index contributed by atoms with van der Waals surface area (Å²) >= 11 is 2.27. The fraction of sp³-hybridized carbons (Fsp3) is 0.400. The second-order valence-corrected chi connectivity index (χ2v) is 5.97. The molecule has 5 nitrogen and oxygen atoms in total. The lowest BCUT2D eigenvalue weighted by atomic mass is 10.2. The van der Waals surface area contributed by atoms with E-state index >= 15 is 0 Å². The van der Waals surface area contributed by atoms with Crippen LogP contribution in [0.3, 0.4) is 0 Å². The third-order valence-corrected chi connectivity index (χ3v) is 3.76. The number of hydrogen-bond donors (Lipinski definition) is 1. The average molecular weight is 401 g/mol. The molecule has 0 bridgehead atoms. The Morgan fingerprint density at radius 2 is 2.19 bits per heavy atom. The van der Waals surface area contributed by atoms with Gasteiger partial charge in [0.1, 0.15) is 5.75 Å². The number of nitrogens with one attached hydrogen (secondary N) is 1. The number of ether oxygens (including phenoxy) is 2. The number of aryl methyl sites for hydroxylation is 2. The van der Waals surface area contributed by atoms with Crippen LogP contribution in [0.15, 0.2) is 24.3 Å². The van der Waals surface area contributed by atoms with Crippen molar-refractivity contribution in [1.82, 2.24) is 15.1 Å². The molecule has 0 aliphatic rings. The van der Waals surface area contributed by atoms with E-state index in [-0.39, 0.29) is 0 Å². The van der Waals surface area contributed by atoms with Gasteiger partial charge >= 0.3 is 0 Å². The van der Waals surface area contributed by atoms with Gasteiger partial charge in [-0.05, 0) is 47.7 Å². The molecule has 0 spiro atoms. The van der Waals surface area contributed by atoms with Crippen LogP contribution in [0.4, 0.5) is 0 Å². The van der Waals surface area contributed by atoms with E-state index in [1.165, 1.54) is 0 Å². The van der Waals surface area contributed by atoms with Crippen LogP contribution in [0.5, 0.6) is 11.6 Å². The number of hydrogen-bond acceptors (Lipinski definition) is 4. The summed E-state index contributed by atoms with van der Waals surface area (Å²) in [5.74, 6) is 1.60. The lowest BCUT2D eigenvalue weighted by molar-refractivity contribution is 0.199. The van der Waals surface area contributed by atoms with Gasteiger partial charge in [0.2, 0.25) is 5.88 Å². The third kappa shape index (κ3) is 4.42. The summed E-state index contributed by atoms with van der Waals surface area (Å²) in [6, 6.07) is 7.98.